The van der Waals surface area contributed by atoms with Crippen molar-refractivity contribution in [1.82, 2.24) is 9.55 Å². The van der Waals surface area contributed by atoms with Gasteiger partial charge in [-0.3, -0.25) is 0 Å². The molecule has 3 heteroatoms. The van der Waals surface area contributed by atoms with Crippen molar-refractivity contribution >= 4 is 0 Å². The number of aryl methyl sites for hydroxylation is 1. The third kappa shape index (κ3) is 3.67. The Hall–Kier alpha value is -1.61. The van der Waals surface area contributed by atoms with Gasteiger partial charge in [-0.05, 0) is 23.0 Å². The first kappa shape index (κ1) is 13.8. The number of hydrogen-bond acceptors (Lipinski definition) is 2. The Morgan fingerprint density at radius 2 is 1.89 bits per heavy atom. The fraction of sp³-hybridized carbons (Fsp3) is 0.438. The van der Waals surface area contributed by atoms with Gasteiger partial charge in [-0.15, -0.1) is 0 Å². The Morgan fingerprint density at radius 3 is 2.42 bits per heavy atom. The van der Waals surface area contributed by atoms with E-state index in [0.29, 0.717) is 6.42 Å². The van der Waals surface area contributed by atoms with Gasteiger partial charge in [0.15, 0.2) is 0 Å². The molecule has 0 fully saturated rings. The van der Waals surface area contributed by atoms with Crippen LogP contribution in [0.5, 0.6) is 0 Å². The number of aromatic nitrogens is 2. The van der Waals surface area contributed by atoms with Crippen molar-refractivity contribution in [3.05, 3.63) is 54.1 Å². The molecule has 1 N–H and O–H groups in total. The lowest BCUT2D eigenvalue weighted by molar-refractivity contribution is 0.161. The van der Waals surface area contributed by atoms with Crippen molar-refractivity contribution in [3.63, 3.8) is 0 Å². The molecule has 0 aliphatic rings. The smallest absolute Gasteiger partial charge is 0.0945 e. The lowest BCUT2D eigenvalue weighted by Crippen LogP contribution is -2.11. The van der Waals surface area contributed by atoms with Crippen LogP contribution in [0.2, 0.25) is 0 Å². The Labute approximate surface area is 114 Å². The van der Waals surface area contributed by atoms with Gasteiger partial charge in [0.25, 0.3) is 0 Å². The molecule has 3 nitrogen and oxygen atoms in total. The SMILES string of the molecule is CC(C)(C)c1ccc(C(O)CCn2ccnc2)cc1. The minimum Gasteiger partial charge on any atom is -0.388 e. The normalized spacial score (nSPS) is 13.5. The highest BCUT2D eigenvalue weighted by molar-refractivity contribution is 5.28. The van der Waals surface area contributed by atoms with Crippen LogP contribution in [0.4, 0.5) is 0 Å². The zero-order valence-corrected chi connectivity index (χ0v) is 11.9. The zero-order chi connectivity index (χ0) is 13.9. The predicted octanol–water partition coefficient (Wildman–Crippen LogP) is 3.30. The maximum atomic E-state index is 10.2. The zero-order valence-electron chi connectivity index (χ0n) is 11.9. The molecule has 1 atom stereocenters. The molecule has 0 aliphatic carbocycles. The van der Waals surface area contributed by atoms with Crippen LogP contribution in [0.1, 0.15) is 44.4 Å². The highest BCUT2D eigenvalue weighted by Crippen LogP contribution is 2.25. The Balaban J connectivity index is 1.97. The van der Waals surface area contributed by atoms with E-state index in [1.807, 2.05) is 22.9 Å². The van der Waals surface area contributed by atoms with Crippen molar-refractivity contribution < 1.29 is 5.11 Å². The Kier molecular flexibility index (Phi) is 4.05. The second-order valence-electron chi connectivity index (χ2n) is 5.98. The summed E-state index contributed by atoms with van der Waals surface area (Å²) in [6.07, 6.45) is 5.72. The van der Waals surface area contributed by atoms with Gasteiger partial charge >= 0.3 is 0 Å². The van der Waals surface area contributed by atoms with E-state index in [9.17, 15) is 5.11 Å². The molecule has 0 saturated carbocycles. The van der Waals surface area contributed by atoms with Crippen molar-refractivity contribution in [2.75, 3.05) is 0 Å². The molecule has 1 aromatic carbocycles. The van der Waals surface area contributed by atoms with Crippen LogP contribution in [0.25, 0.3) is 0 Å². The molecule has 0 amide bonds. The van der Waals surface area contributed by atoms with Gasteiger partial charge in [0.1, 0.15) is 0 Å². The van der Waals surface area contributed by atoms with Gasteiger partial charge in [0, 0.05) is 18.9 Å². The Morgan fingerprint density at radius 1 is 1.21 bits per heavy atom. The highest BCUT2D eigenvalue weighted by atomic mass is 16.3. The minimum absolute atomic E-state index is 0.153. The molecular weight excluding hydrogens is 236 g/mol. The molecule has 19 heavy (non-hydrogen) atoms. The standard InChI is InChI=1S/C16H22N2O/c1-16(2,3)14-6-4-13(5-7-14)15(19)8-10-18-11-9-17-12-18/h4-7,9,11-12,15,19H,8,10H2,1-3H3. The van der Waals surface area contributed by atoms with Gasteiger partial charge in [-0.25, -0.2) is 4.98 Å². The van der Waals surface area contributed by atoms with Gasteiger partial charge in [0.2, 0.25) is 0 Å². The number of aliphatic hydroxyl groups excluding tert-OH is 1. The first-order chi connectivity index (χ1) is 8.97. The largest absolute Gasteiger partial charge is 0.388 e. The summed E-state index contributed by atoms with van der Waals surface area (Å²) < 4.78 is 1.98. The molecule has 0 radical (unpaired) electrons. The predicted molar refractivity (Wildman–Crippen MR) is 76.9 cm³/mol. The highest BCUT2D eigenvalue weighted by Gasteiger charge is 2.14. The van der Waals surface area contributed by atoms with Crippen molar-refractivity contribution in [2.45, 2.75) is 45.3 Å². The van der Waals surface area contributed by atoms with E-state index in [1.54, 1.807) is 12.5 Å². The van der Waals surface area contributed by atoms with E-state index >= 15 is 0 Å². The summed E-state index contributed by atoms with van der Waals surface area (Å²) in [5.74, 6) is 0. The number of aliphatic hydroxyl groups is 1. The number of nitrogens with zero attached hydrogens (tertiary/aromatic N) is 2. The second kappa shape index (κ2) is 5.57. The molecular formula is C16H22N2O. The van der Waals surface area contributed by atoms with Crippen molar-refractivity contribution in [1.29, 1.82) is 0 Å². The summed E-state index contributed by atoms with van der Waals surface area (Å²) in [7, 11) is 0. The average Bonchev–Trinajstić information content (AvgIpc) is 2.88. The third-order valence-corrected chi connectivity index (χ3v) is 3.38. The fourth-order valence-electron chi connectivity index (χ4n) is 2.06. The van der Waals surface area contributed by atoms with Crippen LogP contribution in [0, 0.1) is 0 Å². The van der Waals surface area contributed by atoms with Crippen LogP contribution in [-0.4, -0.2) is 14.7 Å². The Bertz CT molecular complexity index is 495. The summed E-state index contributed by atoms with van der Waals surface area (Å²) in [6, 6.07) is 8.27. The average molecular weight is 258 g/mol. The van der Waals surface area contributed by atoms with Crippen LogP contribution < -0.4 is 0 Å². The molecule has 1 heterocycles. The monoisotopic (exact) mass is 258 g/mol. The number of hydrogen-bond donors (Lipinski definition) is 1. The fourth-order valence-corrected chi connectivity index (χ4v) is 2.06. The summed E-state index contributed by atoms with van der Waals surface area (Å²) in [4.78, 5) is 3.99. The first-order valence-electron chi connectivity index (χ1n) is 6.71. The van der Waals surface area contributed by atoms with E-state index < -0.39 is 6.10 Å². The summed E-state index contributed by atoms with van der Waals surface area (Å²) in [6.45, 7) is 7.36. The molecule has 0 spiro atoms. The van der Waals surface area contributed by atoms with E-state index in [0.717, 1.165) is 12.1 Å². The topological polar surface area (TPSA) is 38.0 Å². The van der Waals surface area contributed by atoms with Crippen molar-refractivity contribution in [3.8, 4) is 0 Å². The molecule has 0 bridgehead atoms. The maximum Gasteiger partial charge on any atom is 0.0945 e. The molecule has 2 rings (SSSR count). The number of imidazole rings is 1. The van der Waals surface area contributed by atoms with E-state index in [-0.39, 0.29) is 5.41 Å². The van der Waals surface area contributed by atoms with Crippen LogP contribution in [-0.2, 0) is 12.0 Å². The molecule has 0 aliphatic heterocycles. The first-order valence-corrected chi connectivity index (χ1v) is 6.71. The van der Waals surface area contributed by atoms with Gasteiger partial charge in [-0.1, -0.05) is 45.0 Å². The molecule has 102 valence electrons. The number of rotatable bonds is 4. The van der Waals surface area contributed by atoms with Crippen LogP contribution in [0.3, 0.4) is 0 Å². The molecule has 1 aromatic heterocycles. The second-order valence-corrected chi connectivity index (χ2v) is 5.98. The molecule has 2 aromatic rings. The van der Waals surface area contributed by atoms with Crippen LogP contribution >= 0.6 is 0 Å². The summed E-state index contributed by atoms with van der Waals surface area (Å²) in [5.41, 5.74) is 2.42. The van der Waals surface area contributed by atoms with Gasteiger partial charge in [-0.2, -0.15) is 0 Å². The molecule has 0 saturated heterocycles. The van der Waals surface area contributed by atoms with Gasteiger partial charge < -0.3 is 9.67 Å². The minimum atomic E-state index is -0.420. The summed E-state index contributed by atoms with van der Waals surface area (Å²) in [5, 5.41) is 10.2. The van der Waals surface area contributed by atoms with E-state index in [4.69, 9.17) is 0 Å². The molecule has 1 unspecified atom stereocenters. The third-order valence-electron chi connectivity index (χ3n) is 3.38. The lowest BCUT2D eigenvalue weighted by atomic mass is 9.86. The van der Waals surface area contributed by atoms with Crippen LogP contribution in [0.15, 0.2) is 43.0 Å². The van der Waals surface area contributed by atoms with E-state index in [1.165, 1.54) is 5.56 Å². The number of benzene rings is 1. The summed E-state index contributed by atoms with van der Waals surface area (Å²) >= 11 is 0. The van der Waals surface area contributed by atoms with E-state index in [2.05, 4.69) is 37.9 Å². The van der Waals surface area contributed by atoms with Crippen molar-refractivity contribution in [2.24, 2.45) is 0 Å². The quantitative estimate of drug-likeness (QED) is 0.913. The lowest BCUT2D eigenvalue weighted by Gasteiger charge is -2.20. The maximum absolute atomic E-state index is 10.2. The van der Waals surface area contributed by atoms with Gasteiger partial charge in [0.05, 0.1) is 12.4 Å².